The molecule has 0 saturated carbocycles. The van der Waals surface area contributed by atoms with Gasteiger partial charge in [-0.15, -0.1) is 12.4 Å². The topological polar surface area (TPSA) is 61.4 Å². The number of hydrogen-bond acceptors (Lipinski definition) is 3. The Kier molecular flexibility index (Phi) is 10.2. The molecule has 1 aromatic carbocycles. The van der Waals surface area contributed by atoms with Crippen molar-refractivity contribution >= 4 is 53.1 Å². The Bertz CT molecular complexity index is 512. The molecule has 0 bridgehead atoms. The molecule has 0 unspecified atom stereocenters. The fourth-order valence-electron chi connectivity index (χ4n) is 1.78. The summed E-state index contributed by atoms with van der Waals surface area (Å²) in [6, 6.07) is 4.82. The predicted molar refractivity (Wildman–Crippen MR) is 93.1 cm³/mol. The van der Waals surface area contributed by atoms with E-state index in [1.165, 1.54) is 4.90 Å². The second kappa shape index (κ2) is 10.7. The van der Waals surface area contributed by atoms with Gasteiger partial charge >= 0.3 is 0 Å². The Hall–Kier alpha value is -1.01. The van der Waals surface area contributed by atoms with Crippen molar-refractivity contribution in [2.75, 3.05) is 32.0 Å². The molecule has 0 aliphatic heterocycles. The van der Waals surface area contributed by atoms with Crippen LogP contribution in [-0.2, 0) is 9.59 Å². The molecule has 0 atom stereocenters. The summed E-state index contributed by atoms with van der Waals surface area (Å²) in [5, 5.41) is 6.33. The summed E-state index contributed by atoms with van der Waals surface area (Å²) >= 11 is 11.9. The van der Waals surface area contributed by atoms with Gasteiger partial charge in [-0.2, -0.15) is 0 Å². The van der Waals surface area contributed by atoms with Crippen LogP contribution >= 0.6 is 35.6 Å². The summed E-state index contributed by atoms with van der Waals surface area (Å²) in [5.74, 6) is -0.427. The molecule has 8 heteroatoms. The van der Waals surface area contributed by atoms with E-state index in [4.69, 9.17) is 23.2 Å². The molecular formula is C14H20Cl3N3O2. The van der Waals surface area contributed by atoms with Gasteiger partial charge in [0.05, 0.1) is 23.8 Å². The molecule has 0 aliphatic carbocycles. The normalized spacial score (nSPS) is 9.82. The van der Waals surface area contributed by atoms with Crippen molar-refractivity contribution < 1.29 is 9.59 Å². The molecule has 0 fully saturated rings. The monoisotopic (exact) mass is 367 g/mol. The molecule has 0 spiro atoms. The second-order valence-electron chi connectivity index (χ2n) is 4.52. The smallest absolute Gasteiger partial charge is 0.244 e. The number of rotatable bonds is 7. The molecule has 5 nitrogen and oxygen atoms in total. The van der Waals surface area contributed by atoms with Crippen molar-refractivity contribution in [2.24, 2.45) is 0 Å². The van der Waals surface area contributed by atoms with Crippen LogP contribution in [0.2, 0.25) is 10.0 Å². The number of anilines is 1. The zero-order valence-electron chi connectivity index (χ0n) is 12.5. The second-order valence-corrected chi connectivity index (χ2v) is 5.36. The number of amides is 2. The van der Waals surface area contributed by atoms with E-state index in [1.807, 2.05) is 6.92 Å². The molecule has 0 aromatic heterocycles. The van der Waals surface area contributed by atoms with Crippen LogP contribution in [0.25, 0.3) is 0 Å². The first-order valence-electron chi connectivity index (χ1n) is 6.65. The Labute approximate surface area is 146 Å². The van der Waals surface area contributed by atoms with Crippen molar-refractivity contribution in [1.82, 2.24) is 10.2 Å². The van der Waals surface area contributed by atoms with Crippen molar-refractivity contribution in [3.05, 3.63) is 28.2 Å². The third-order valence-corrected chi connectivity index (χ3v) is 3.28. The minimum atomic E-state index is -0.308. The highest BCUT2D eigenvalue weighted by Crippen LogP contribution is 2.25. The van der Waals surface area contributed by atoms with Crippen molar-refractivity contribution in [2.45, 2.75) is 13.3 Å². The van der Waals surface area contributed by atoms with E-state index in [-0.39, 0.29) is 37.3 Å². The highest BCUT2D eigenvalue weighted by molar-refractivity contribution is 6.35. The predicted octanol–water partition coefficient (Wildman–Crippen LogP) is 2.81. The SMILES string of the molecule is CCCN(CC(=O)Nc1cc(Cl)ccc1Cl)C(=O)CNC.Cl. The van der Waals surface area contributed by atoms with Crippen LogP contribution in [0.5, 0.6) is 0 Å². The highest BCUT2D eigenvalue weighted by atomic mass is 35.5. The number of hydrogen-bond donors (Lipinski definition) is 2. The molecule has 1 aromatic rings. The number of benzene rings is 1. The Morgan fingerprint density at radius 3 is 2.55 bits per heavy atom. The maximum Gasteiger partial charge on any atom is 0.244 e. The fourth-order valence-corrected chi connectivity index (χ4v) is 2.12. The van der Waals surface area contributed by atoms with Crippen LogP contribution in [-0.4, -0.2) is 43.4 Å². The van der Waals surface area contributed by atoms with Crippen LogP contribution in [0, 0.1) is 0 Å². The van der Waals surface area contributed by atoms with Crippen LogP contribution in [0.1, 0.15) is 13.3 Å². The first-order valence-corrected chi connectivity index (χ1v) is 7.40. The molecular weight excluding hydrogens is 349 g/mol. The number of nitrogens with zero attached hydrogens (tertiary/aromatic N) is 1. The molecule has 0 heterocycles. The van der Waals surface area contributed by atoms with E-state index < -0.39 is 0 Å². The lowest BCUT2D eigenvalue weighted by atomic mass is 10.3. The van der Waals surface area contributed by atoms with Gasteiger partial charge in [0.1, 0.15) is 0 Å². The average Bonchev–Trinajstić information content (AvgIpc) is 2.42. The minimum absolute atomic E-state index is 0. The molecule has 0 aliphatic rings. The largest absolute Gasteiger partial charge is 0.332 e. The molecule has 0 radical (unpaired) electrons. The van der Waals surface area contributed by atoms with Gasteiger partial charge in [-0.3, -0.25) is 9.59 Å². The lowest BCUT2D eigenvalue weighted by Crippen LogP contribution is -2.42. The lowest BCUT2D eigenvalue weighted by molar-refractivity contribution is -0.133. The first kappa shape index (κ1) is 21.0. The number of nitrogens with one attached hydrogen (secondary N) is 2. The van der Waals surface area contributed by atoms with Crippen LogP contribution in [0.15, 0.2) is 18.2 Å². The van der Waals surface area contributed by atoms with Gasteiger partial charge in [0.15, 0.2) is 0 Å². The summed E-state index contributed by atoms with van der Waals surface area (Å²) in [5.41, 5.74) is 0.437. The molecule has 1 rings (SSSR count). The minimum Gasteiger partial charge on any atom is -0.332 e. The average molecular weight is 369 g/mol. The van der Waals surface area contributed by atoms with Gasteiger partial charge in [-0.1, -0.05) is 30.1 Å². The number of carbonyl (C=O) groups is 2. The van der Waals surface area contributed by atoms with E-state index in [0.29, 0.717) is 22.3 Å². The summed E-state index contributed by atoms with van der Waals surface area (Å²) in [6.45, 7) is 2.66. The van der Waals surface area contributed by atoms with E-state index in [2.05, 4.69) is 10.6 Å². The highest BCUT2D eigenvalue weighted by Gasteiger charge is 2.16. The zero-order chi connectivity index (χ0) is 15.8. The van der Waals surface area contributed by atoms with Gasteiger partial charge < -0.3 is 15.5 Å². The third-order valence-electron chi connectivity index (χ3n) is 2.71. The van der Waals surface area contributed by atoms with E-state index in [0.717, 1.165) is 6.42 Å². The summed E-state index contributed by atoms with van der Waals surface area (Å²) in [4.78, 5) is 25.4. The third kappa shape index (κ3) is 6.83. The first-order chi connectivity index (χ1) is 9.97. The zero-order valence-corrected chi connectivity index (χ0v) is 14.8. The van der Waals surface area contributed by atoms with Crippen molar-refractivity contribution in [1.29, 1.82) is 0 Å². The van der Waals surface area contributed by atoms with Crippen molar-refractivity contribution in [3.63, 3.8) is 0 Å². The number of likely N-dealkylation sites (N-methyl/N-ethyl adjacent to an activating group) is 1. The Balaban J connectivity index is 0.00000441. The van der Waals surface area contributed by atoms with E-state index in [1.54, 1.807) is 25.2 Å². The maximum atomic E-state index is 12.0. The summed E-state index contributed by atoms with van der Waals surface area (Å²) in [7, 11) is 1.69. The van der Waals surface area contributed by atoms with Gasteiger partial charge in [0.25, 0.3) is 0 Å². The Morgan fingerprint density at radius 1 is 1.27 bits per heavy atom. The molecule has 22 heavy (non-hydrogen) atoms. The van der Waals surface area contributed by atoms with Crippen LogP contribution < -0.4 is 10.6 Å². The number of halogens is 3. The quantitative estimate of drug-likeness (QED) is 0.778. The molecule has 2 N–H and O–H groups in total. The fraction of sp³-hybridized carbons (Fsp3) is 0.429. The summed E-state index contributed by atoms with van der Waals surface area (Å²) in [6.07, 6.45) is 0.778. The lowest BCUT2D eigenvalue weighted by Gasteiger charge is -2.21. The van der Waals surface area contributed by atoms with Crippen LogP contribution in [0.3, 0.4) is 0 Å². The Morgan fingerprint density at radius 2 is 1.95 bits per heavy atom. The number of carbonyl (C=O) groups excluding carboxylic acids is 2. The molecule has 0 saturated heterocycles. The van der Waals surface area contributed by atoms with Crippen molar-refractivity contribution in [3.8, 4) is 0 Å². The van der Waals surface area contributed by atoms with Gasteiger partial charge in [0, 0.05) is 11.6 Å². The summed E-state index contributed by atoms with van der Waals surface area (Å²) < 4.78 is 0. The van der Waals surface area contributed by atoms with Gasteiger partial charge in [-0.25, -0.2) is 0 Å². The standard InChI is InChI=1S/C14H19Cl2N3O2.ClH/c1-3-6-19(14(21)8-17-2)9-13(20)18-12-7-10(15)4-5-11(12)16;/h4-5,7,17H,3,6,8-9H2,1-2H3,(H,18,20);1H. The van der Waals surface area contributed by atoms with Crippen LogP contribution in [0.4, 0.5) is 5.69 Å². The molecule has 124 valence electrons. The van der Waals surface area contributed by atoms with E-state index in [9.17, 15) is 9.59 Å². The van der Waals surface area contributed by atoms with Gasteiger partial charge in [-0.05, 0) is 31.7 Å². The maximum absolute atomic E-state index is 12.0. The van der Waals surface area contributed by atoms with E-state index >= 15 is 0 Å². The molecule has 2 amide bonds. The van der Waals surface area contributed by atoms with Gasteiger partial charge in [0.2, 0.25) is 11.8 Å².